The maximum atomic E-state index is 12.9. The van der Waals surface area contributed by atoms with Crippen LogP contribution >= 0.6 is 15.9 Å². The Hall–Kier alpha value is -1.74. The Bertz CT molecular complexity index is 973. The Morgan fingerprint density at radius 3 is 2.38 bits per heavy atom. The summed E-state index contributed by atoms with van der Waals surface area (Å²) in [5, 5.41) is 0. The van der Waals surface area contributed by atoms with Crippen LogP contribution in [0.2, 0.25) is 0 Å². The summed E-state index contributed by atoms with van der Waals surface area (Å²) < 4.78 is 27.9. The molecular formula is C21H26BrN3O3S. The molecule has 0 atom stereocenters. The topological polar surface area (TPSA) is 60.9 Å². The number of piperazine rings is 1. The van der Waals surface area contributed by atoms with Crippen molar-refractivity contribution in [3.8, 4) is 0 Å². The van der Waals surface area contributed by atoms with Crippen LogP contribution in [-0.2, 0) is 14.8 Å². The number of anilines is 1. The van der Waals surface area contributed by atoms with Crippen LogP contribution in [0.3, 0.4) is 0 Å². The number of carbonyl (C=O) groups is 1. The maximum Gasteiger partial charge on any atom is 0.243 e. The Labute approximate surface area is 181 Å². The lowest BCUT2D eigenvalue weighted by Gasteiger charge is -2.34. The van der Waals surface area contributed by atoms with Crippen LogP contribution < -0.4 is 4.90 Å². The van der Waals surface area contributed by atoms with Crippen molar-refractivity contribution in [3.63, 3.8) is 0 Å². The second-order valence-electron chi connectivity index (χ2n) is 7.06. The molecule has 156 valence electrons. The van der Waals surface area contributed by atoms with E-state index < -0.39 is 10.0 Å². The van der Waals surface area contributed by atoms with E-state index in [9.17, 15) is 13.2 Å². The Kier molecular flexibility index (Phi) is 7.10. The molecule has 29 heavy (non-hydrogen) atoms. The Morgan fingerprint density at radius 2 is 1.76 bits per heavy atom. The second-order valence-corrected chi connectivity index (χ2v) is 9.92. The van der Waals surface area contributed by atoms with Crippen LogP contribution in [0.5, 0.6) is 0 Å². The summed E-state index contributed by atoms with van der Waals surface area (Å²) in [4.78, 5) is 17.0. The highest BCUT2D eigenvalue weighted by Gasteiger charge is 2.30. The number of benzene rings is 2. The average Bonchev–Trinajstić information content (AvgIpc) is 2.70. The van der Waals surface area contributed by atoms with Crippen molar-refractivity contribution in [1.82, 2.24) is 9.21 Å². The van der Waals surface area contributed by atoms with Gasteiger partial charge in [0.2, 0.25) is 15.9 Å². The minimum atomic E-state index is -3.52. The smallest absolute Gasteiger partial charge is 0.243 e. The molecule has 0 N–H and O–H groups in total. The highest BCUT2D eigenvalue weighted by atomic mass is 79.9. The molecule has 0 spiro atoms. The van der Waals surface area contributed by atoms with E-state index in [0.717, 1.165) is 15.7 Å². The number of hydrogen-bond acceptors (Lipinski definition) is 4. The quantitative estimate of drug-likeness (QED) is 0.638. The summed E-state index contributed by atoms with van der Waals surface area (Å²) in [5.74, 6) is 0.0325. The van der Waals surface area contributed by atoms with E-state index in [0.29, 0.717) is 32.7 Å². The standard InChI is InChI=1S/C21H26BrN3O3S/c1-3-25(20-10-5-4-7-17(20)2)21(26)16-23-11-13-24(14-12-23)29(27,28)19-9-6-8-18(22)15-19/h4-10,15H,3,11-14,16H2,1-2H3. The van der Waals surface area contributed by atoms with Gasteiger partial charge in [-0.25, -0.2) is 8.42 Å². The third kappa shape index (κ3) is 5.06. The fourth-order valence-electron chi connectivity index (χ4n) is 3.53. The highest BCUT2D eigenvalue weighted by Crippen LogP contribution is 2.22. The molecule has 0 bridgehead atoms. The second kappa shape index (κ2) is 9.38. The van der Waals surface area contributed by atoms with Crippen molar-refractivity contribution in [2.45, 2.75) is 18.7 Å². The van der Waals surface area contributed by atoms with Crippen molar-refractivity contribution in [2.24, 2.45) is 0 Å². The molecule has 0 radical (unpaired) electrons. The van der Waals surface area contributed by atoms with Crippen LogP contribution in [0, 0.1) is 6.92 Å². The van der Waals surface area contributed by atoms with E-state index in [4.69, 9.17) is 0 Å². The van der Waals surface area contributed by atoms with Crippen LogP contribution in [0.1, 0.15) is 12.5 Å². The van der Waals surface area contributed by atoms with Gasteiger partial charge in [-0.3, -0.25) is 9.69 Å². The van der Waals surface area contributed by atoms with Crippen molar-refractivity contribution >= 4 is 37.5 Å². The third-order valence-corrected chi connectivity index (χ3v) is 7.54. The molecule has 2 aromatic rings. The molecule has 1 aliphatic heterocycles. The molecule has 2 aromatic carbocycles. The normalized spacial score (nSPS) is 16.0. The van der Waals surface area contributed by atoms with E-state index >= 15 is 0 Å². The zero-order valence-corrected chi connectivity index (χ0v) is 19.1. The van der Waals surface area contributed by atoms with Gasteiger partial charge in [0.15, 0.2) is 0 Å². The molecule has 0 saturated carbocycles. The number of sulfonamides is 1. The molecule has 0 unspecified atom stereocenters. The number of amides is 1. The summed E-state index contributed by atoms with van der Waals surface area (Å²) in [6.07, 6.45) is 0. The van der Waals surface area contributed by atoms with Gasteiger partial charge in [-0.15, -0.1) is 0 Å². The fraction of sp³-hybridized carbons (Fsp3) is 0.381. The van der Waals surface area contributed by atoms with E-state index in [1.54, 1.807) is 29.2 Å². The lowest BCUT2D eigenvalue weighted by molar-refractivity contribution is -0.120. The molecule has 3 rings (SSSR count). The SMILES string of the molecule is CCN(C(=O)CN1CCN(S(=O)(=O)c2cccc(Br)c2)CC1)c1ccccc1C. The number of halogens is 1. The van der Waals surface area contributed by atoms with Crippen LogP contribution in [-0.4, -0.2) is 62.8 Å². The largest absolute Gasteiger partial charge is 0.311 e. The Morgan fingerprint density at radius 1 is 1.07 bits per heavy atom. The molecule has 0 aliphatic carbocycles. The first-order valence-electron chi connectivity index (χ1n) is 9.67. The van der Waals surface area contributed by atoms with Crippen molar-refractivity contribution in [1.29, 1.82) is 0 Å². The first-order valence-corrected chi connectivity index (χ1v) is 11.9. The number of hydrogen-bond donors (Lipinski definition) is 0. The number of nitrogens with zero attached hydrogens (tertiary/aromatic N) is 3. The monoisotopic (exact) mass is 479 g/mol. The lowest BCUT2D eigenvalue weighted by Crippen LogP contribution is -2.51. The first kappa shape index (κ1) is 22.0. The minimum Gasteiger partial charge on any atom is -0.311 e. The summed E-state index contributed by atoms with van der Waals surface area (Å²) >= 11 is 3.33. The van der Waals surface area contributed by atoms with Gasteiger partial charge in [-0.2, -0.15) is 4.31 Å². The van der Waals surface area contributed by atoms with Gasteiger partial charge in [0.05, 0.1) is 11.4 Å². The fourth-order valence-corrected chi connectivity index (χ4v) is 5.55. The maximum absolute atomic E-state index is 12.9. The first-order chi connectivity index (χ1) is 13.8. The molecule has 1 amide bonds. The average molecular weight is 480 g/mol. The predicted molar refractivity (Wildman–Crippen MR) is 119 cm³/mol. The van der Waals surface area contributed by atoms with Gasteiger partial charge < -0.3 is 4.90 Å². The number of para-hydroxylation sites is 1. The summed E-state index contributed by atoms with van der Waals surface area (Å²) in [6, 6.07) is 14.6. The van der Waals surface area contributed by atoms with Crippen molar-refractivity contribution < 1.29 is 13.2 Å². The van der Waals surface area contributed by atoms with Crippen molar-refractivity contribution in [3.05, 3.63) is 58.6 Å². The summed E-state index contributed by atoms with van der Waals surface area (Å²) in [7, 11) is -3.52. The molecule has 1 heterocycles. The van der Waals surface area contributed by atoms with Gasteiger partial charge in [-0.1, -0.05) is 40.2 Å². The van der Waals surface area contributed by atoms with E-state index in [2.05, 4.69) is 15.9 Å². The number of aryl methyl sites for hydroxylation is 1. The third-order valence-electron chi connectivity index (χ3n) is 5.15. The molecule has 1 aliphatic rings. The van der Waals surface area contributed by atoms with E-state index in [1.165, 1.54) is 4.31 Å². The molecule has 0 aromatic heterocycles. The zero-order chi connectivity index (χ0) is 21.0. The number of likely N-dealkylation sites (N-methyl/N-ethyl adjacent to an activating group) is 1. The van der Waals surface area contributed by atoms with Gasteiger partial charge in [-0.05, 0) is 43.7 Å². The molecule has 1 saturated heterocycles. The van der Waals surface area contributed by atoms with E-state index in [-0.39, 0.29) is 17.3 Å². The zero-order valence-electron chi connectivity index (χ0n) is 16.7. The Balaban J connectivity index is 1.62. The lowest BCUT2D eigenvalue weighted by atomic mass is 10.1. The van der Waals surface area contributed by atoms with Crippen molar-refractivity contribution in [2.75, 3.05) is 44.2 Å². The van der Waals surface area contributed by atoms with Gasteiger partial charge in [0.25, 0.3) is 0 Å². The van der Waals surface area contributed by atoms with Crippen LogP contribution in [0.25, 0.3) is 0 Å². The van der Waals surface area contributed by atoms with Gasteiger partial charge >= 0.3 is 0 Å². The summed E-state index contributed by atoms with van der Waals surface area (Å²) in [5.41, 5.74) is 1.99. The van der Waals surface area contributed by atoms with Gasteiger partial charge in [0.1, 0.15) is 0 Å². The number of carbonyl (C=O) groups excluding carboxylic acids is 1. The molecule has 8 heteroatoms. The predicted octanol–water partition coefficient (Wildman–Crippen LogP) is 3.12. The van der Waals surface area contributed by atoms with Crippen LogP contribution in [0.4, 0.5) is 5.69 Å². The molecule has 1 fully saturated rings. The molecule has 6 nitrogen and oxygen atoms in total. The highest BCUT2D eigenvalue weighted by molar-refractivity contribution is 9.10. The minimum absolute atomic E-state index is 0.0325. The molecular weight excluding hydrogens is 454 g/mol. The van der Waals surface area contributed by atoms with Crippen LogP contribution in [0.15, 0.2) is 57.9 Å². The number of rotatable bonds is 6. The van der Waals surface area contributed by atoms with E-state index in [1.807, 2.05) is 43.0 Å². The summed E-state index contributed by atoms with van der Waals surface area (Å²) in [6.45, 7) is 6.66. The van der Waals surface area contributed by atoms with Gasteiger partial charge in [0, 0.05) is 42.9 Å².